The summed E-state index contributed by atoms with van der Waals surface area (Å²) in [5, 5.41) is 0. The summed E-state index contributed by atoms with van der Waals surface area (Å²) in [4.78, 5) is 16.3. The molecule has 0 saturated heterocycles. The van der Waals surface area contributed by atoms with Gasteiger partial charge in [0, 0.05) is 0 Å². The van der Waals surface area contributed by atoms with Gasteiger partial charge in [-0.2, -0.15) is 0 Å². The van der Waals surface area contributed by atoms with E-state index in [-0.39, 0.29) is 0 Å². The molecule has 15 heavy (non-hydrogen) atoms. The molecule has 0 aliphatic rings. The van der Waals surface area contributed by atoms with Gasteiger partial charge in [-0.1, -0.05) is 18.2 Å². The predicted octanol–water partition coefficient (Wildman–Crippen LogP) is 1.60. The largest absolute Gasteiger partial charge is 0.465 e. The Morgan fingerprint density at radius 2 is 1.93 bits per heavy atom. The predicted molar refractivity (Wildman–Crippen MR) is 56.1 cm³/mol. The van der Waals surface area contributed by atoms with E-state index in [0.29, 0.717) is 11.1 Å². The van der Waals surface area contributed by atoms with E-state index in [1.165, 1.54) is 7.11 Å². The van der Waals surface area contributed by atoms with Crippen LogP contribution in [-0.4, -0.2) is 13.1 Å². The minimum Gasteiger partial charge on any atom is -0.465 e. The fourth-order valence-electron chi connectivity index (χ4n) is 1.36. The van der Waals surface area contributed by atoms with Crippen molar-refractivity contribution < 1.29 is 14.4 Å². The van der Waals surface area contributed by atoms with Crippen molar-refractivity contribution in [3.05, 3.63) is 35.4 Å². The lowest BCUT2D eigenvalue weighted by atomic mass is 9.93. The lowest BCUT2D eigenvalue weighted by Crippen LogP contribution is -2.27. The monoisotopic (exact) mass is 209 g/mol. The molecule has 0 amide bonds. The van der Waals surface area contributed by atoms with Crippen LogP contribution >= 0.6 is 0 Å². The third-order valence-corrected chi connectivity index (χ3v) is 2.28. The highest BCUT2D eigenvalue weighted by Gasteiger charge is 2.26. The van der Waals surface area contributed by atoms with Crippen LogP contribution in [-0.2, 0) is 15.2 Å². The van der Waals surface area contributed by atoms with E-state index < -0.39 is 11.6 Å². The van der Waals surface area contributed by atoms with Crippen molar-refractivity contribution in [1.29, 1.82) is 0 Å². The van der Waals surface area contributed by atoms with Crippen molar-refractivity contribution in [2.45, 2.75) is 19.4 Å². The van der Waals surface area contributed by atoms with E-state index >= 15 is 0 Å². The number of esters is 1. The zero-order chi connectivity index (χ0) is 11.5. The summed E-state index contributed by atoms with van der Waals surface area (Å²) >= 11 is 0. The topological polar surface area (TPSA) is 61.5 Å². The molecule has 0 aliphatic carbocycles. The second-order valence-electron chi connectivity index (χ2n) is 3.67. The fourth-order valence-corrected chi connectivity index (χ4v) is 1.36. The Hall–Kier alpha value is -1.39. The van der Waals surface area contributed by atoms with Crippen molar-refractivity contribution in [3.8, 4) is 0 Å². The summed E-state index contributed by atoms with van der Waals surface area (Å²) in [6.45, 7) is 3.57. The van der Waals surface area contributed by atoms with Crippen LogP contribution in [0.1, 0.15) is 29.8 Å². The minimum atomic E-state index is -0.717. The number of nitrogens with two attached hydrogens (primary N) is 1. The van der Waals surface area contributed by atoms with Crippen molar-refractivity contribution in [2.24, 2.45) is 5.90 Å². The van der Waals surface area contributed by atoms with Crippen LogP contribution in [0.2, 0.25) is 0 Å². The third-order valence-electron chi connectivity index (χ3n) is 2.28. The van der Waals surface area contributed by atoms with Gasteiger partial charge in [-0.15, -0.1) is 0 Å². The van der Waals surface area contributed by atoms with Gasteiger partial charge in [0.1, 0.15) is 5.60 Å². The molecule has 0 fully saturated rings. The highest BCUT2D eigenvalue weighted by atomic mass is 16.6. The van der Waals surface area contributed by atoms with Crippen molar-refractivity contribution in [2.75, 3.05) is 7.11 Å². The average molecular weight is 209 g/mol. The average Bonchev–Trinajstić information content (AvgIpc) is 2.28. The van der Waals surface area contributed by atoms with E-state index in [2.05, 4.69) is 4.74 Å². The maximum Gasteiger partial charge on any atom is 0.338 e. The Labute approximate surface area is 88.9 Å². The number of carbonyl (C=O) groups is 1. The molecule has 0 bridgehead atoms. The molecule has 1 aromatic rings. The van der Waals surface area contributed by atoms with Gasteiger partial charge >= 0.3 is 5.97 Å². The molecule has 0 aliphatic heterocycles. The van der Waals surface area contributed by atoms with Crippen molar-refractivity contribution >= 4 is 5.97 Å². The van der Waals surface area contributed by atoms with Crippen LogP contribution in [0.25, 0.3) is 0 Å². The van der Waals surface area contributed by atoms with Crippen molar-refractivity contribution in [1.82, 2.24) is 0 Å². The summed E-state index contributed by atoms with van der Waals surface area (Å²) in [5.41, 5.74) is 0.458. The van der Waals surface area contributed by atoms with E-state index in [9.17, 15) is 4.79 Å². The molecule has 2 N–H and O–H groups in total. The standard InChI is InChI=1S/C11H15NO3/c1-11(2,15-12)9-7-5-4-6-8(9)10(13)14-3/h4-7H,12H2,1-3H3. The molecule has 1 aromatic carbocycles. The molecule has 82 valence electrons. The van der Waals surface area contributed by atoms with Gasteiger partial charge in [0.05, 0.1) is 12.7 Å². The molecular weight excluding hydrogens is 194 g/mol. The number of carbonyl (C=O) groups excluding carboxylic acids is 1. The number of methoxy groups -OCH3 is 1. The molecule has 0 unspecified atom stereocenters. The van der Waals surface area contributed by atoms with Crippen LogP contribution in [0, 0.1) is 0 Å². The maximum atomic E-state index is 11.5. The van der Waals surface area contributed by atoms with Gasteiger partial charge in [0.2, 0.25) is 0 Å². The molecule has 1 rings (SSSR count). The number of benzene rings is 1. The minimum absolute atomic E-state index is 0.393. The van der Waals surface area contributed by atoms with Gasteiger partial charge in [-0.25, -0.2) is 10.7 Å². The number of rotatable bonds is 3. The Bertz CT molecular complexity index is 361. The van der Waals surface area contributed by atoms with Crippen LogP contribution in [0.3, 0.4) is 0 Å². The van der Waals surface area contributed by atoms with E-state index in [0.717, 1.165) is 0 Å². The van der Waals surface area contributed by atoms with Crippen LogP contribution in [0.4, 0.5) is 0 Å². The summed E-state index contributed by atoms with van der Waals surface area (Å²) in [7, 11) is 1.34. The number of ether oxygens (including phenoxy) is 1. The van der Waals surface area contributed by atoms with E-state index in [1.54, 1.807) is 32.0 Å². The fraction of sp³-hybridized carbons (Fsp3) is 0.364. The van der Waals surface area contributed by atoms with E-state index in [1.807, 2.05) is 6.07 Å². The first-order valence-corrected chi connectivity index (χ1v) is 4.58. The second kappa shape index (κ2) is 4.42. The lowest BCUT2D eigenvalue weighted by molar-refractivity contribution is -0.0245. The highest BCUT2D eigenvalue weighted by Crippen LogP contribution is 2.26. The van der Waals surface area contributed by atoms with Crippen LogP contribution < -0.4 is 5.90 Å². The molecule has 0 saturated carbocycles. The zero-order valence-corrected chi connectivity index (χ0v) is 9.11. The van der Waals surface area contributed by atoms with Gasteiger partial charge in [0.15, 0.2) is 0 Å². The van der Waals surface area contributed by atoms with Crippen LogP contribution in [0.5, 0.6) is 0 Å². The highest BCUT2D eigenvalue weighted by molar-refractivity contribution is 5.91. The van der Waals surface area contributed by atoms with Crippen molar-refractivity contribution in [3.63, 3.8) is 0 Å². The summed E-state index contributed by atoms with van der Waals surface area (Å²) in [6.07, 6.45) is 0. The first-order valence-electron chi connectivity index (χ1n) is 4.58. The maximum absolute atomic E-state index is 11.5. The first-order chi connectivity index (χ1) is 7.03. The Morgan fingerprint density at radius 1 is 1.33 bits per heavy atom. The summed E-state index contributed by atoms with van der Waals surface area (Å²) in [5.74, 6) is 4.80. The van der Waals surface area contributed by atoms with E-state index in [4.69, 9.17) is 10.7 Å². The Morgan fingerprint density at radius 3 is 2.47 bits per heavy atom. The molecule has 0 heterocycles. The number of hydrogen-bond donors (Lipinski definition) is 1. The normalized spacial score (nSPS) is 11.2. The van der Waals surface area contributed by atoms with Crippen LogP contribution in [0.15, 0.2) is 24.3 Å². The quantitative estimate of drug-likeness (QED) is 0.606. The molecule has 4 nitrogen and oxygen atoms in total. The third kappa shape index (κ3) is 2.34. The lowest BCUT2D eigenvalue weighted by Gasteiger charge is -2.24. The number of hydrogen-bond acceptors (Lipinski definition) is 4. The second-order valence-corrected chi connectivity index (χ2v) is 3.67. The SMILES string of the molecule is COC(=O)c1ccccc1C(C)(C)ON. The molecule has 0 atom stereocenters. The summed E-state index contributed by atoms with van der Waals surface area (Å²) in [6, 6.07) is 7.06. The smallest absolute Gasteiger partial charge is 0.338 e. The van der Waals surface area contributed by atoms with Gasteiger partial charge < -0.3 is 4.74 Å². The Kier molecular flexibility index (Phi) is 3.44. The zero-order valence-electron chi connectivity index (χ0n) is 9.11. The molecule has 4 heteroatoms. The Balaban J connectivity index is 3.23. The molecule has 0 spiro atoms. The van der Waals surface area contributed by atoms with Gasteiger partial charge in [-0.05, 0) is 25.5 Å². The van der Waals surface area contributed by atoms with Gasteiger partial charge in [-0.3, -0.25) is 4.84 Å². The van der Waals surface area contributed by atoms with Gasteiger partial charge in [0.25, 0.3) is 0 Å². The molecule has 0 aromatic heterocycles. The summed E-state index contributed by atoms with van der Waals surface area (Å²) < 4.78 is 4.68. The molecular formula is C11H15NO3. The molecule has 0 radical (unpaired) electrons. The first kappa shape index (κ1) is 11.7.